The van der Waals surface area contributed by atoms with Crippen LogP contribution in [0.2, 0.25) is 0 Å². The van der Waals surface area contributed by atoms with Crippen molar-refractivity contribution >= 4 is 23.8 Å². The maximum atomic E-state index is 12.5. The van der Waals surface area contributed by atoms with Gasteiger partial charge in [0.1, 0.15) is 53.1 Å². The number of fused-ring (bicyclic) bond motifs is 1. The van der Waals surface area contributed by atoms with Crippen molar-refractivity contribution in [2.24, 2.45) is 15.9 Å². The molecule has 286 valence electrons. The van der Waals surface area contributed by atoms with E-state index in [0.29, 0.717) is 24.2 Å². The standard InChI is InChI=1S/C39H42N2O13/c1-50-25-11-9-23(10-12-25)27-15-26(42)30-28(51-27)16-29(33(31(30)43)54-38(48)13-5-8-22(17-38)14-21-6-3-2-4-7-21)52-37-32(44)34(45)39(49,35(53-37)36(46)47)18-24-19-40-20-41-24/h2-4,6-7,9-12,15-16,20,22,27,32,34-35,37,42-45,48-49H,5,8,13-14,17-19H2,1H3,(H,46,47)/t22-,27?,32-,34+,35-,37-,38-,39+/m1/s1. The van der Waals surface area contributed by atoms with Crippen molar-refractivity contribution in [3.05, 3.63) is 83.4 Å². The fourth-order valence-corrected chi connectivity index (χ4v) is 7.57. The molecule has 3 aromatic carbocycles. The van der Waals surface area contributed by atoms with Gasteiger partial charge in [-0.15, -0.1) is 0 Å². The molecule has 2 fully saturated rings. The highest BCUT2D eigenvalue weighted by molar-refractivity contribution is 5.97. The number of carboxylic acid groups (broad SMARTS) is 1. The predicted octanol–water partition coefficient (Wildman–Crippen LogP) is 3.45. The molecule has 0 radical (unpaired) electrons. The van der Waals surface area contributed by atoms with Crippen LogP contribution in [0.4, 0.5) is 0 Å². The second kappa shape index (κ2) is 14.9. The van der Waals surface area contributed by atoms with Crippen LogP contribution in [0.15, 0.2) is 76.7 Å². The van der Waals surface area contributed by atoms with Gasteiger partial charge in [-0.25, -0.2) is 9.79 Å². The number of carboxylic acids is 1. The molecule has 1 saturated heterocycles. The average molecular weight is 747 g/mol. The zero-order valence-corrected chi connectivity index (χ0v) is 29.3. The van der Waals surface area contributed by atoms with Crippen molar-refractivity contribution in [2.75, 3.05) is 13.7 Å². The van der Waals surface area contributed by atoms with Crippen LogP contribution in [0.3, 0.4) is 0 Å². The summed E-state index contributed by atoms with van der Waals surface area (Å²) < 4.78 is 29.3. The number of ether oxygens (including phenoxy) is 5. The maximum Gasteiger partial charge on any atom is 0.336 e. The lowest BCUT2D eigenvalue weighted by molar-refractivity contribution is -0.303. The number of rotatable bonds is 11. The Morgan fingerprint density at radius 2 is 1.81 bits per heavy atom. The maximum absolute atomic E-state index is 12.5. The second-order valence-electron chi connectivity index (χ2n) is 14.1. The molecular weight excluding hydrogens is 704 g/mol. The molecule has 0 spiro atoms. The molecule has 0 amide bonds. The quantitative estimate of drug-likeness (QED) is 0.140. The summed E-state index contributed by atoms with van der Waals surface area (Å²) in [5, 5.41) is 78.9. The van der Waals surface area contributed by atoms with Crippen molar-refractivity contribution in [3.8, 4) is 28.7 Å². The van der Waals surface area contributed by atoms with Crippen LogP contribution >= 0.6 is 0 Å². The SMILES string of the molecule is COc1ccc(C2C=C(O)c3c(cc(O[C@@H]4O[C@H](C(=O)O)[C@](O)(CC5=NC=NC5)[C@@H](O)[C@H]4O)c(O[C@]4(O)CCC[C@H](Cc5ccccc5)C4)c3O)O2)cc1. The number of aliphatic hydroxyl groups is 5. The number of aliphatic carboxylic acids is 1. The molecule has 1 saturated carbocycles. The van der Waals surface area contributed by atoms with Crippen LogP contribution in [-0.2, 0) is 16.0 Å². The summed E-state index contributed by atoms with van der Waals surface area (Å²) in [7, 11) is 1.52. The van der Waals surface area contributed by atoms with Crippen LogP contribution in [0.1, 0.15) is 54.9 Å². The highest BCUT2D eigenvalue weighted by Gasteiger charge is 2.59. The van der Waals surface area contributed by atoms with Crippen molar-refractivity contribution in [3.63, 3.8) is 0 Å². The van der Waals surface area contributed by atoms with E-state index in [9.17, 15) is 40.5 Å². The summed E-state index contributed by atoms with van der Waals surface area (Å²) in [4.78, 5) is 20.4. The van der Waals surface area contributed by atoms with Crippen LogP contribution in [0.25, 0.3) is 5.76 Å². The largest absolute Gasteiger partial charge is 0.507 e. The Morgan fingerprint density at radius 3 is 2.50 bits per heavy atom. The third-order valence-electron chi connectivity index (χ3n) is 10.3. The van der Waals surface area contributed by atoms with Gasteiger partial charge >= 0.3 is 5.97 Å². The Balaban J connectivity index is 1.24. The number of nitrogens with zero attached hydrogens (tertiary/aromatic N) is 2. The van der Waals surface area contributed by atoms with Crippen molar-refractivity contribution in [1.82, 2.24) is 0 Å². The number of aromatic hydroxyl groups is 1. The minimum absolute atomic E-state index is 0.000281. The number of aliphatic hydroxyl groups excluding tert-OH is 3. The van der Waals surface area contributed by atoms with Crippen molar-refractivity contribution < 1.29 is 64.2 Å². The molecule has 4 aliphatic rings. The first-order valence-electron chi connectivity index (χ1n) is 17.6. The highest BCUT2D eigenvalue weighted by Crippen LogP contribution is 2.53. The molecule has 15 heteroatoms. The molecule has 1 aliphatic carbocycles. The molecule has 7 rings (SSSR count). The van der Waals surface area contributed by atoms with E-state index in [0.717, 1.165) is 12.0 Å². The molecule has 54 heavy (non-hydrogen) atoms. The summed E-state index contributed by atoms with van der Waals surface area (Å²) in [5.41, 5.74) is -0.758. The first-order valence-corrected chi connectivity index (χ1v) is 17.6. The fourth-order valence-electron chi connectivity index (χ4n) is 7.57. The Labute approximate surface area is 310 Å². The summed E-state index contributed by atoms with van der Waals surface area (Å²) in [6.45, 7) is 0.0560. The van der Waals surface area contributed by atoms with Gasteiger partial charge in [-0.2, -0.15) is 0 Å². The van der Waals surface area contributed by atoms with Crippen molar-refractivity contribution in [1.29, 1.82) is 0 Å². The zero-order valence-electron chi connectivity index (χ0n) is 29.3. The van der Waals surface area contributed by atoms with E-state index in [4.69, 9.17) is 23.7 Å². The Hall–Kier alpha value is -5.19. The minimum Gasteiger partial charge on any atom is -0.507 e. The number of hydrogen-bond acceptors (Lipinski definition) is 14. The number of benzene rings is 3. The van der Waals surface area contributed by atoms with E-state index >= 15 is 0 Å². The first kappa shape index (κ1) is 37.1. The monoisotopic (exact) mass is 746 g/mol. The average Bonchev–Trinajstić information content (AvgIpc) is 3.66. The minimum atomic E-state index is -2.54. The van der Waals surface area contributed by atoms with E-state index in [2.05, 4.69) is 9.98 Å². The number of hydrogen-bond donors (Lipinski definition) is 7. The number of methoxy groups -OCH3 is 1. The number of carbonyl (C=O) groups is 1. The Bertz CT molecular complexity index is 1950. The Kier molecular flexibility index (Phi) is 10.3. The van der Waals surface area contributed by atoms with Gasteiger partial charge in [-0.3, -0.25) is 4.99 Å². The molecule has 8 atom stereocenters. The summed E-state index contributed by atoms with van der Waals surface area (Å²) >= 11 is 0. The molecule has 7 N–H and O–H groups in total. The summed E-state index contributed by atoms with van der Waals surface area (Å²) in [5.74, 6) is -4.89. The van der Waals surface area contributed by atoms with Crippen LogP contribution in [0, 0.1) is 5.92 Å². The predicted molar refractivity (Wildman–Crippen MR) is 192 cm³/mol. The van der Waals surface area contributed by atoms with Gasteiger partial charge in [-0.05, 0) is 48.4 Å². The number of phenols is 1. The third-order valence-corrected chi connectivity index (χ3v) is 10.3. The second-order valence-corrected chi connectivity index (χ2v) is 14.1. The molecule has 0 aromatic heterocycles. The molecule has 3 aliphatic heterocycles. The lowest BCUT2D eigenvalue weighted by Crippen LogP contribution is -2.69. The van der Waals surface area contributed by atoms with Gasteiger partial charge < -0.3 is 59.4 Å². The van der Waals surface area contributed by atoms with Gasteiger partial charge in [-0.1, -0.05) is 42.5 Å². The highest BCUT2D eigenvalue weighted by atomic mass is 16.7. The topological polar surface area (TPSA) is 230 Å². The van der Waals surface area contributed by atoms with Gasteiger partial charge in [0.05, 0.1) is 13.7 Å². The van der Waals surface area contributed by atoms with Crippen LogP contribution in [-0.4, -0.2) is 103 Å². The van der Waals surface area contributed by atoms with E-state index in [1.54, 1.807) is 24.3 Å². The molecule has 0 bridgehead atoms. The molecule has 1 unspecified atom stereocenters. The van der Waals surface area contributed by atoms with E-state index in [1.807, 2.05) is 30.3 Å². The van der Waals surface area contributed by atoms with Crippen LogP contribution in [0.5, 0.6) is 28.7 Å². The van der Waals surface area contributed by atoms with E-state index in [1.165, 1.54) is 25.6 Å². The zero-order chi connectivity index (χ0) is 38.2. The molecular formula is C39H42N2O13. The van der Waals surface area contributed by atoms with Gasteiger partial charge in [0, 0.05) is 37.1 Å². The van der Waals surface area contributed by atoms with Gasteiger partial charge in [0.2, 0.25) is 17.8 Å². The smallest absolute Gasteiger partial charge is 0.336 e. The van der Waals surface area contributed by atoms with E-state index < -0.39 is 66.0 Å². The molecule has 15 nitrogen and oxygen atoms in total. The molecule has 3 aromatic rings. The van der Waals surface area contributed by atoms with Crippen molar-refractivity contribution in [2.45, 2.75) is 80.6 Å². The Morgan fingerprint density at radius 1 is 1.06 bits per heavy atom. The fraction of sp³-hybridized carbons (Fsp3) is 0.410. The summed E-state index contributed by atoms with van der Waals surface area (Å²) in [6, 6.07) is 17.9. The van der Waals surface area contributed by atoms with E-state index in [-0.39, 0.29) is 53.8 Å². The van der Waals surface area contributed by atoms with Crippen LogP contribution < -0.4 is 18.9 Å². The summed E-state index contributed by atoms with van der Waals surface area (Å²) in [6.07, 6.45) is -4.58. The molecule has 3 heterocycles. The number of phenolic OH excluding ortho intramolecular Hbond substituents is 1. The third kappa shape index (κ3) is 7.32. The van der Waals surface area contributed by atoms with Gasteiger partial charge in [0.15, 0.2) is 17.6 Å². The lowest BCUT2D eigenvalue weighted by atomic mass is 9.80. The normalized spacial score (nSPS) is 30.4. The first-order chi connectivity index (χ1) is 25.9. The number of aliphatic imine (C=N–C) groups is 2. The van der Waals surface area contributed by atoms with Gasteiger partial charge in [0.25, 0.3) is 0 Å². The lowest BCUT2D eigenvalue weighted by Gasteiger charge is -2.46.